The highest BCUT2D eigenvalue weighted by Crippen LogP contribution is 2.39. The number of hydrogen-bond donors (Lipinski definition) is 2. The van der Waals surface area contributed by atoms with Crippen molar-refractivity contribution in [3.05, 3.63) is 52.4 Å². The van der Waals surface area contributed by atoms with Gasteiger partial charge in [0.25, 0.3) is 0 Å². The number of nitrogens with one attached hydrogen (secondary N) is 1. The molecule has 1 heterocycles. The van der Waals surface area contributed by atoms with Crippen molar-refractivity contribution in [2.45, 2.75) is 12.8 Å². The summed E-state index contributed by atoms with van der Waals surface area (Å²) < 4.78 is 10.0. The summed E-state index contributed by atoms with van der Waals surface area (Å²) in [5, 5.41) is 13.0. The summed E-state index contributed by atoms with van der Waals surface area (Å²) in [4.78, 5) is 24.2. The Hall–Kier alpha value is -2.28. The van der Waals surface area contributed by atoms with E-state index in [1.54, 1.807) is 38.3 Å². The number of aliphatic carboxylic acids is 1. The standard InChI is InChI=1S/C17H18BrNO5/c1-9-13(16(20)21)14(10-4-6-11(23-2)7-5-10)15(17(22)24-3)12(8-18)19-9/h4-7,14,19H,8H2,1-3H3,(H,20,21). The van der Waals surface area contributed by atoms with Gasteiger partial charge in [-0.15, -0.1) is 0 Å². The average Bonchev–Trinajstić information content (AvgIpc) is 2.59. The molecule has 0 saturated heterocycles. The summed E-state index contributed by atoms with van der Waals surface area (Å²) >= 11 is 3.34. The van der Waals surface area contributed by atoms with E-state index in [4.69, 9.17) is 9.47 Å². The third-order valence-corrected chi connectivity index (χ3v) is 4.42. The number of rotatable bonds is 5. The zero-order chi connectivity index (χ0) is 17.9. The molecule has 1 atom stereocenters. The highest BCUT2D eigenvalue weighted by atomic mass is 79.9. The number of esters is 1. The first-order valence-corrected chi connectivity index (χ1v) is 8.29. The summed E-state index contributed by atoms with van der Waals surface area (Å²) in [6.07, 6.45) is 0. The first-order valence-electron chi connectivity index (χ1n) is 7.16. The maximum atomic E-state index is 12.3. The van der Waals surface area contributed by atoms with E-state index in [-0.39, 0.29) is 11.1 Å². The fraction of sp³-hybridized carbons (Fsp3) is 0.294. The molecule has 1 aromatic rings. The van der Waals surface area contributed by atoms with Crippen molar-refractivity contribution in [2.24, 2.45) is 0 Å². The van der Waals surface area contributed by atoms with Gasteiger partial charge in [-0.05, 0) is 24.6 Å². The number of hydrogen-bond acceptors (Lipinski definition) is 5. The second kappa shape index (κ2) is 7.53. The molecule has 128 valence electrons. The number of dihydropyridines is 1. The van der Waals surface area contributed by atoms with Gasteiger partial charge in [0.05, 0.1) is 31.3 Å². The van der Waals surface area contributed by atoms with Gasteiger partial charge in [0, 0.05) is 16.7 Å². The Balaban J connectivity index is 2.67. The van der Waals surface area contributed by atoms with Crippen LogP contribution in [0, 0.1) is 0 Å². The molecule has 2 rings (SSSR count). The molecule has 0 aliphatic carbocycles. The maximum Gasteiger partial charge on any atom is 0.336 e. The normalized spacial score (nSPS) is 17.4. The Kier molecular flexibility index (Phi) is 5.66. The van der Waals surface area contributed by atoms with Gasteiger partial charge < -0.3 is 19.9 Å². The summed E-state index contributed by atoms with van der Waals surface area (Å²) in [7, 11) is 2.83. The van der Waals surface area contributed by atoms with E-state index in [2.05, 4.69) is 21.2 Å². The molecule has 7 heteroatoms. The lowest BCUT2D eigenvalue weighted by Crippen LogP contribution is -2.33. The van der Waals surface area contributed by atoms with E-state index in [9.17, 15) is 14.7 Å². The predicted molar refractivity (Wildman–Crippen MR) is 92.0 cm³/mol. The summed E-state index contributed by atoms with van der Waals surface area (Å²) in [6.45, 7) is 1.68. The van der Waals surface area contributed by atoms with E-state index < -0.39 is 17.9 Å². The zero-order valence-corrected chi connectivity index (χ0v) is 15.1. The fourth-order valence-corrected chi connectivity index (χ4v) is 3.21. The minimum Gasteiger partial charge on any atom is -0.497 e. The number of carbonyl (C=O) groups is 2. The number of carboxylic acids is 1. The lowest BCUT2D eigenvalue weighted by Gasteiger charge is -2.30. The van der Waals surface area contributed by atoms with Gasteiger partial charge in [-0.25, -0.2) is 9.59 Å². The van der Waals surface area contributed by atoms with Crippen molar-refractivity contribution in [1.82, 2.24) is 5.32 Å². The molecule has 24 heavy (non-hydrogen) atoms. The molecule has 0 spiro atoms. The van der Waals surface area contributed by atoms with Crippen LogP contribution in [0.15, 0.2) is 46.8 Å². The van der Waals surface area contributed by atoms with Crippen LogP contribution >= 0.6 is 15.9 Å². The van der Waals surface area contributed by atoms with E-state index in [0.717, 1.165) is 0 Å². The first-order chi connectivity index (χ1) is 11.4. The summed E-state index contributed by atoms with van der Waals surface area (Å²) in [5.41, 5.74) is 2.15. The van der Waals surface area contributed by atoms with Crippen molar-refractivity contribution >= 4 is 27.9 Å². The van der Waals surface area contributed by atoms with Gasteiger partial charge >= 0.3 is 11.9 Å². The van der Waals surface area contributed by atoms with Crippen LogP contribution in [0.5, 0.6) is 5.75 Å². The SMILES string of the molecule is COC(=O)C1=C(CBr)NC(C)=C(C(=O)O)C1c1ccc(OC)cc1. The fourth-order valence-electron chi connectivity index (χ4n) is 2.77. The monoisotopic (exact) mass is 395 g/mol. The molecule has 0 saturated carbocycles. The molecule has 0 bridgehead atoms. The predicted octanol–water partition coefficient (Wildman–Crippen LogP) is 2.56. The van der Waals surface area contributed by atoms with Crippen LogP contribution in [0.4, 0.5) is 0 Å². The Morgan fingerprint density at radius 2 is 1.83 bits per heavy atom. The Bertz CT molecular complexity index is 721. The lowest BCUT2D eigenvalue weighted by molar-refractivity contribution is -0.136. The highest BCUT2D eigenvalue weighted by molar-refractivity contribution is 9.09. The van der Waals surface area contributed by atoms with Crippen LogP contribution in [-0.2, 0) is 14.3 Å². The van der Waals surface area contributed by atoms with E-state index >= 15 is 0 Å². The second-order valence-electron chi connectivity index (χ2n) is 5.19. The molecular formula is C17H18BrNO5. The van der Waals surface area contributed by atoms with Crippen molar-refractivity contribution in [1.29, 1.82) is 0 Å². The molecule has 0 aromatic heterocycles. The number of carbonyl (C=O) groups excluding carboxylic acids is 1. The van der Waals surface area contributed by atoms with Gasteiger partial charge in [0.1, 0.15) is 5.75 Å². The van der Waals surface area contributed by atoms with E-state index in [1.807, 2.05) is 0 Å². The quantitative estimate of drug-likeness (QED) is 0.588. The van der Waals surface area contributed by atoms with Gasteiger partial charge in [-0.1, -0.05) is 28.1 Å². The van der Waals surface area contributed by atoms with Crippen LogP contribution in [0.1, 0.15) is 18.4 Å². The smallest absolute Gasteiger partial charge is 0.336 e. The van der Waals surface area contributed by atoms with Crippen LogP contribution < -0.4 is 10.1 Å². The number of carboxylic acid groups (broad SMARTS) is 1. The molecule has 6 nitrogen and oxygen atoms in total. The third-order valence-electron chi connectivity index (χ3n) is 3.86. The maximum absolute atomic E-state index is 12.3. The van der Waals surface area contributed by atoms with Gasteiger partial charge in [0.15, 0.2) is 0 Å². The van der Waals surface area contributed by atoms with Crippen LogP contribution in [-0.4, -0.2) is 36.6 Å². The minimum atomic E-state index is -1.09. The topological polar surface area (TPSA) is 84.9 Å². The number of allylic oxidation sites excluding steroid dienone is 2. The van der Waals surface area contributed by atoms with Gasteiger partial charge in [-0.2, -0.15) is 0 Å². The van der Waals surface area contributed by atoms with Crippen molar-refractivity contribution in [3.63, 3.8) is 0 Å². The Morgan fingerprint density at radius 1 is 1.21 bits per heavy atom. The molecule has 2 N–H and O–H groups in total. The second-order valence-corrected chi connectivity index (χ2v) is 5.75. The minimum absolute atomic E-state index is 0.116. The van der Waals surface area contributed by atoms with Crippen LogP contribution in [0.2, 0.25) is 0 Å². The molecule has 0 radical (unpaired) electrons. The molecule has 1 aliphatic rings. The number of alkyl halides is 1. The van der Waals surface area contributed by atoms with Crippen LogP contribution in [0.25, 0.3) is 0 Å². The highest BCUT2D eigenvalue weighted by Gasteiger charge is 2.37. The Morgan fingerprint density at radius 3 is 2.29 bits per heavy atom. The van der Waals surface area contributed by atoms with E-state index in [1.165, 1.54) is 7.11 Å². The molecule has 0 amide bonds. The molecule has 1 aromatic carbocycles. The van der Waals surface area contributed by atoms with Gasteiger partial charge in [-0.3, -0.25) is 0 Å². The Labute approximate surface area is 148 Å². The molecular weight excluding hydrogens is 378 g/mol. The van der Waals surface area contributed by atoms with Gasteiger partial charge in [0.2, 0.25) is 0 Å². The van der Waals surface area contributed by atoms with Crippen molar-refractivity contribution in [2.75, 3.05) is 19.5 Å². The summed E-state index contributed by atoms with van der Waals surface area (Å²) in [5.74, 6) is -1.73. The van der Waals surface area contributed by atoms with E-state index in [0.29, 0.717) is 28.0 Å². The van der Waals surface area contributed by atoms with Crippen LogP contribution in [0.3, 0.4) is 0 Å². The van der Waals surface area contributed by atoms with Crippen molar-refractivity contribution in [3.8, 4) is 5.75 Å². The number of benzene rings is 1. The number of ether oxygens (including phenoxy) is 2. The summed E-state index contributed by atoms with van der Waals surface area (Å²) in [6, 6.07) is 6.96. The zero-order valence-electron chi connectivity index (χ0n) is 13.6. The van der Waals surface area contributed by atoms with Crippen molar-refractivity contribution < 1.29 is 24.2 Å². The first kappa shape index (κ1) is 18.1. The molecule has 1 aliphatic heterocycles. The average molecular weight is 396 g/mol. The third kappa shape index (κ3) is 3.31. The molecule has 0 fully saturated rings. The molecule has 1 unspecified atom stereocenters. The lowest BCUT2D eigenvalue weighted by atomic mass is 9.80. The largest absolute Gasteiger partial charge is 0.497 e. The number of halogens is 1. The number of methoxy groups -OCH3 is 2.